The topological polar surface area (TPSA) is 43.4 Å². The molecular weight excluding hydrogens is 164 g/mol. The zero-order valence-corrected chi connectivity index (χ0v) is 6.68. The van der Waals surface area contributed by atoms with Gasteiger partial charge in [-0.1, -0.05) is 0 Å². The molecule has 0 saturated carbocycles. The maximum Gasteiger partial charge on any atom is 0.298 e. The molecule has 1 aromatic heterocycles. The Morgan fingerprint density at radius 3 is 3.00 bits per heavy atom. The number of Topliss-reactive ketones (excluding diaryl/α,β-unsaturated/α-hetero) is 1. The number of hydrogen-bond donors (Lipinski definition) is 0. The molecular formula is C7H6O3S. The van der Waals surface area contributed by atoms with Crippen LogP contribution in [-0.2, 0) is 4.79 Å². The highest BCUT2D eigenvalue weighted by Gasteiger charge is 2.08. The number of ketones is 1. The van der Waals surface area contributed by atoms with Gasteiger partial charge in [-0.25, -0.2) is 0 Å². The standard InChI is InChI=1S/C7H6O3S/c1-5(9)7-6(10-4-8)2-3-11-7/h2-4H,1H3. The van der Waals surface area contributed by atoms with E-state index in [0.717, 1.165) is 0 Å². The van der Waals surface area contributed by atoms with E-state index in [0.29, 0.717) is 17.1 Å². The lowest BCUT2D eigenvalue weighted by Crippen LogP contribution is -1.94. The molecule has 0 aromatic carbocycles. The van der Waals surface area contributed by atoms with Crippen LogP contribution in [0, 0.1) is 0 Å². The fourth-order valence-electron chi connectivity index (χ4n) is 0.699. The highest BCUT2D eigenvalue weighted by atomic mass is 32.1. The fourth-order valence-corrected chi connectivity index (χ4v) is 1.42. The molecule has 0 atom stereocenters. The van der Waals surface area contributed by atoms with Crippen molar-refractivity contribution in [3.63, 3.8) is 0 Å². The molecule has 0 amide bonds. The van der Waals surface area contributed by atoms with Crippen molar-refractivity contribution in [3.8, 4) is 5.75 Å². The molecule has 0 fully saturated rings. The molecule has 1 rings (SSSR count). The van der Waals surface area contributed by atoms with Gasteiger partial charge in [0.1, 0.15) is 4.88 Å². The van der Waals surface area contributed by atoms with Crippen molar-refractivity contribution in [1.82, 2.24) is 0 Å². The van der Waals surface area contributed by atoms with Crippen LogP contribution >= 0.6 is 11.3 Å². The van der Waals surface area contributed by atoms with E-state index in [9.17, 15) is 9.59 Å². The van der Waals surface area contributed by atoms with Crippen LogP contribution in [-0.4, -0.2) is 12.3 Å². The predicted octanol–water partition coefficient (Wildman–Crippen LogP) is 1.49. The monoisotopic (exact) mass is 170 g/mol. The number of ether oxygens (including phenoxy) is 1. The third-order valence-electron chi connectivity index (χ3n) is 1.12. The van der Waals surface area contributed by atoms with Crippen LogP contribution < -0.4 is 4.74 Å². The normalized spacial score (nSPS) is 9.18. The average molecular weight is 170 g/mol. The summed E-state index contributed by atoms with van der Waals surface area (Å²) in [5, 5.41) is 1.70. The van der Waals surface area contributed by atoms with E-state index in [-0.39, 0.29) is 5.78 Å². The van der Waals surface area contributed by atoms with E-state index < -0.39 is 0 Å². The Morgan fingerprint density at radius 1 is 1.73 bits per heavy atom. The Balaban J connectivity index is 2.95. The van der Waals surface area contributed by atoms with Crippen LogP contribution in [0.3, 0.4) is 0 Å². The van der Waals surface area contributed by atoms with Gasteiger partial charge in [0.2, 0.25) is 0 Å². The van der Waals surface area contributed by atoms with Crippen LogP contribution in [0.4, 0.5) is 0 Å². The molecule has 58 valence electrons. The first-order valence-electron chi connectivity index (χ1n) is 2.94. The lowest BCUT2D eigenvalue weighted by atomic mass is 10.3. The van der Waals surface area contributed by atoms with Crippen LogP contribution in [0.15, 0.2) is 11.4 Å². The van der Waals surface area contributed by atoms with Crippen molar-refractivity contribution >= 4 is 23.6 Å². The second-order valence-corrected chi connectivity index (χ2v) is 2.80. The molecule has 0 radical (unpaired) electrons. The molecule has 0 unspecified atom stereocenters. The summed E-state index contributed by atoms with van der Waals surface area (Å²) in [7, 11) is 0. The molecule has 0 N–H and O–H groups in total. The average Bonchev–Trinajstić information content (AvgIpc) is 2.36. The smallest absolute Gasteiger partial charge is 0.298 e. The van der Waals surface area contributed by atoms with Gasteiger partial charge in [0.15, 0.2) is 11.5 Å². The first-order valence-corrected chi connectivity index (χ1v) is 3.82. The molecule has 0 saturated heterocycles. The highest BCUT2D eigenvalue weighted by Crippen LogP contribution is 2.24. The number of carbonyl (C=O) groups is 2. The predicted molar refractivity (Wildman–Crippen MR) is 41.0 cm³/mol. The van der Waals surface area contributed by atoms with Crippen LogP contribution in [0.25, 0.3) is 0 Å². The van der Waals surface area contributed by atoms with Crippen molar-refractivity contribution in [1.29, 1.82) is 0 Å². The molecule has 0 bridgehead atoms. The van der Waals surface area contributed by atoms with Gasteiger partial charge in [-0.3, -0.25) is 9.59 Å². The minimum absolute atomic E-state index is 0.0862. The highest BCUT2D eigenvalue weighted by molar-refractivity contribution is 7.12. The SMILES string of the molecule is CC(=O)c1sccc1OC=O. The first-order chi connectivity index (χ1) is 5.25. The quantitative estimate of drug-likeness (QED) is 0.509. The first kappa shape index (κ1) is 7.94. The molecule has 3 nitrogen and oxygen atoms in total. The lowest BCUT2D eigenvalue weighted by molar-refractivity contribution is -0.120. The van der Waals surface area contributed by atoms with Crippen molar-refractivity contribution in [3.05, 3.63) is 16.3 Å². The van der Waals surface area contributed by atoms with E-state index in [4.69, 9.17) is 0 Å². The Hall–Kier alpha value is -1.16. The molecule has 4 heteroatoms. The van der Waals surface area contributed by atoms with Gasteiger partial charge in [-0.05, 0) is 11.4 Å². The van der Waals surface area contributed by atoms with E-state index in [1.54, 1.807) is 11.4 Å². The Morgan fingerprint density at radius 2 is 2.45 bits per heavy atom. The number of rotatable bonds is 3. The van der Waals surface area contributed by atoms with Gasteiger partial charge in [0.25, 0.3) is 6.47 Å². The molecule has 1 aromatic rings. The van der Waals surface area contributed by atoms with Gasteiger partial charge in [0.05, 0.1) is 0 Å². The van der Waals surface area contributed by atoms with Crippen molar-refractivity contribution in [2.24, 2.45) is 0 Å². The van der Waals surface area contributed by atoms with Gasteiger partial charge in [-0.2, -0.15) is 0 Å². The summed E-state index contributed by atoms with van der Waals surface area (Å²) < 4.78 is 4.55. The summed E-state index contributed by atoms with van der Waals surface area (Å²) in [6.07, 6.45) is 0. The minimum Gasteiger partial charge on any atom is -0.427 e. The molecule has 1 heterocycles. The fraction of sp³-hybridized carbons (Fsp3) is 0.143. The summed E-state index contributed by atoms with van der Waals surface area (Å²) in [4.78, 5) is 21.2. The maximum atomic E-state index is 10.8. The van der Waals surface area contributed by atoms with Gasteiger partial charge in [0, 0.05) is 6.92 Å². The molecule has 11 heavy (non-hydrogen) atoms. The molecule has 0 aliphatic carbocycles. The Bertz CT molecular complexity index is 277. The van der Waals surface area contributed by atoms with Crippen molar-refractivity contribution in [2.45, 2.75) is 6.92 Å². The van der Waals surface area contributed by atoms with Crippen LogP contribution in [0.5, 0.6) is 5.75 Å². The zero-order valence-electron chi connectivity index (χ0n) is 5.87. The third kappa shape index (κ3) is 1.65. The largest absolute Gasteiger partial charge is 0.427 e. The number of thiophene rings is 1. The number of carbonyl (C=O) groups excluding carboxylic acids is 2. The number of hydrogen-bond acceptors (Lipinski definition) is 4. The Kier molecular flexibility index (Phi) is 2.38. The molecule has 0 aliphatic heterocycles. The van der Waals surface area contributed by atoms with Gasteiger partial charge < -0.3 is 4.74 Å². The summed E-state index contributed by atoms with van der Waals surface area (Å²) in [5.74, 6) is 0.259. The zero-order chi connectivity index (χ0) is 8.27. The lowest BCUT2D eigenvalue weighted by Gasteiger charge is -1.94. The summed E-state index contributed by atoms with van der Waals surface area (Å²) in [6, 6.07) is 1.59. The van der Waals surface area contributed by atoms with E-state index in [1.807, 2.05) is 0 Å². The second kappa shape index (κ2) is 3.30. The molecule has 0 aliphatic rings. The maximum absolute atomic E-state index is 10.8. The summed E-state index contributed by atoms with van der Waals surface area (Å²) in [5.41, 5.74) is 0. The van der Waals surface area contributed by atoms with Crippen molar-refractivity contribution < 1.29 is 14.3 Å². The van der Waals surface area contributed by atoms with E-state index in [1.165, 1.54) is 18.3 Å². The van der Waals surface area contributed by atoms with Gasteiger partial charge in [-0.15, -0.1) is 11.3 Å². The van der Waals surface area contributed by atoms with E-state index in [2.05, 4.69) is 4.74 Å². The molecule has 0 spiro atoms. The van der Waals surface area contributed by atoms with E-state index >= 15 is 0 Å². The third-order valence-corrected chi connectivity index (χ3v) is 2.12. The van der Waals surface area contributed by atoms with Gasteiger partial charge >= 0.3 is 0 Å². The van der Waals surface area contributed by atoms with Crippen LogP contribution in [0.1, 0.15) is 16.6 Å². The summed E-state index contributed by atoms with van der Waals surface area (Å²) >= 11 is 1.26. The minimum atomic E-state index is -0.0862. The van der Waals surface area contributed by atoms with Crippen LogP contribution in [0.2, 0.25) is 0 Å². The Labute approximate surface area is 67.6 Å². The second-order valence-electron chi connectivity index (χ2n) is 1.88. The van der Waals surface area contributed by atoms with Crippen molar-refractivity contribution in [2.75, 3.05) is 0 Å². The summed E-state index contributed by atoms with van der Waals surface area (Å²) in [6.45, 7) is 1.75.